The highest BCUT2D eigenvalue weighted by atomic mass is 35.5. The van der Waals surface area contributed by atoms with Crippen LogP contribution in [-0.4, -0.2) is 36.4 Å². The Labute approximate surface area is 71.3 Å². The highest BCUT2D eigenvalue weighted by Crippen LogP contribution is 2.07. The van der Waals surface area contributed by atoms with E-state index in [1.54, 1.807) is 6.92 Å². The molecule has 1 aliphatic heterocycles. The number of carbonyl (C=O) groups is 1. The number of aliphatic carboxylic acids is 1. The van der Waals surface area contributed by atoms with Crippen molar-refractivity contribution in [2.45, 2.75) is 12.5 Å². The van der Waals surface area contributed by atoms with Gasteiger partial charge in [0.05, 0.1) is 13.2 Å². The van der Waals surface area contributed by atoms with Gasteiger partial charge in [-0.25, -0.2) is 0 Å². The summed E-state index contributed by atoms with van der Waals surface area (Å²) in [7, 11) is 0. The predicted molar refractivity (Wildman–Crippen MR) is 42.1 cm³/mol. The van der Waals surface area contributed by atoms with Crippen molar-refractivity contribution in [3.63, 3.8) is 0 Å². The fraction of sp³-hybridized carbons (Fsp3) is 0.833. The minimum atomic E-state index is -0.877. The number of carboxylic acids is 1. The Bertz CT molecular complexity index is 145. The summed E-state index contributed by atoms with van der Waals surface area (Å²) in [4.78, 5) is 10.5. The van der Waals surface area contributed by atoms with E-state index in [0.717, 1.165) is 0 Å². The molecule has 0 aromatic rings. The van der Waals surface area contributed by atoms with Crippen LogP contribution in [0.5, 0.6) is 0 Å². The van der Waals surface area contributed by atoms with Crippen LogP contribution in [0.3, 0.4) is 0 Å². The molecule has 0 amide bonds. The molecule has 5 heteroatoms. The summed E-state index contributed by atoms with van der Waals surface area (Å²) in [6.07, 6.45) is 0. The molecule has 1 saturated heterocycles. The highest BCUT2D eigenvalue weighted by molar-refractivity contribution is 5.85. The van der Waals surface area contributed by atoms with Crippen molar-refractivity contribution in [3.8, 4) is 0 Å². The fourth-order valence-corrected chi connectivity index (χ4v) is 0.864. The van der Waals surface area contributed by atoms with Gasteiger partial charge in [-0.15, -0.1) is 12.4 Å². The molecule has 11 heavy (non-hydrogen) atoms. The van der Waals surface area contributed by atoms with E-state index < -0.39 is 11.5 Å². The van der Waals surface area contributed by atoms with Crippen molar-refractivity contribution in [2.75, 3.05) is 19.8 Å². The normalized spacial score (nSPS) is 30.6. The SMILES string of the molecule is CC1(C(=O)O)COCCN1.Cl. The second-order valence-electron chi connectivity index (χ2n) is 2.62. The van der Waals surface area contributed by atoms with E-state index >= 15 is 0 Å². The lowest BCUT2D eigenvalue weighted by molar-refractivity contribution is -0.149. The molecule has 0 spiro atoms. The van der Waals surface area contributed by atoms with Crippen LogP contribution in [0, 0.1) is 0 Å². The van der Waals surface area contributed by atoms with Crippen molar-refractivity contribution in [3.05, 3.63) is 0 Å². The first-order chi connectivity index (χ1) is 4.65. The van der Waals surface area contributed by atoms with Gasteiger partial charge in [0.1, 0.15) is 5.54 Å². The molecule has 0 bridgehead atoms. The van der Waals surface area contributed by atoms with E-state index in [0.29, 0.717) is 13.2 Å². The van der Waals surface area contributed by atoms with Crippen molar-refractivity contribution in [1.29, 1.82) is 0 Å². The quantitative estimate of drug-likeness (QED) is 0.592. The lowest BCUT2D eigenvalue weighted by Gasteiger charge is -2.30. The molecule has 1 atom stereocenters. The van der Waals surface area contributed by atoms with Crippen LogP contribution in [-0.2, 0) is 9.53 Å². The molecule has 4 nitrogen and oxygen atoms in total. The lowest BCUT2D eigenvalue weighted by atomic mass is 10.0. The Morgan fingerprint density at radius 3 is 2.64 bits per heavy atom. The molecular formula is C6H12ClNO3. The first-order valence-corrected chi connectivity index (χ1v) is 3.21. The third kappa shape index (κ3) is 2.32. The molecule has 1 rings (SSSR count). The van der Waals surface area contributed by atoms with Crippen LogP contribution >= 0.6 is 12.4 Å². The molecule has 1 fully saturated rings. The second kappa shape index (κ2) is 3.90. The Kier molecular flexibility index (Phi) is 3.78. The van der Waals surface area contributed by atoms with Gasteiger partial charge in [-0.3, -0.25) is 10.1 Å². The van der Waals surface area contributed by atoms with Crippen molar-refractivity contribution in [1.82, 2.24) is 5.32 Å². The van der Waals surface area contributed by atoms with Crippen LogP contribution in [0.4, 0.5) is 0 Å². The number of hydrogen-bond acceptors (Lipinski definition) is 3. The first kappa shape index (κ1) is 10.7. The zero-order valence-corrected chi connectivity index (χ0v) is 7.11. The summed E-state index contributed by atoms with van der Waals surface area (Å²) >= 11 is 0. The smallest absolute Gasteiger partial charge is 0.326 e. The predicted octanol–water partition coefficient (Wildman–Crippen LogP) is -0.129. The van der Waals surface area contributed by atoms with Gasteiger partial charge in [-0.05, 0) is 6.92 Å². The molecule has 1 unspecified atom stereocenters. The monoisotopic (exact) mass is 181 g/mol. The van der Waals surface area contributed by atoms with E-state index in [4.69, 9.17) is 9.84 Å². The molecule has 0 aromatic heterocycles. The summed E-state index contributed by atoms with van der Waals surface area (Å²) in [6, 6.07) is 0. The molecule has 2 N–H and O–H groups in total. The van der Waals surface area contributed by atoms with E-state index in [1.807, 2.05) is 0 Å². The number of carboxylic acid groups (broad SMARTS) is 1. The van der Waals surface area contributed by atoms with E-state index in [2.05, 4.69) is 5.32 Å². The van der Waals surface area contributed by atoms with Gasteiger partial charge < -0.3 is 9.84 Å². The van der Waals surface area contributed by atoms with Crippen LogP contribution in [0.15, 0.2) is 0 Å². The van der Waals surface area contributed by atoms with Gasteiger partial charge in [0.2, 0.25) is 0 Å². The first-order valence-electron chi connectivity index (χ1n) is 3.21. The lowest BCUT2D eigenvalue weighted by Crippen LogP contribution is -2.57. The third-order valence-corrected chi connectivity index (χ3v) is 1.62. The average molecular weight is 182 g/mol. The third-order valence-electron chi connectivity index (χ3n) is 1.62. The Morgan fingerprint density at radius 1 is 1.73 bits per heavy atom. The Balaban J connectivity index is 0.000001000. The number of ether oxygens (including phenoxy) is 1. The summed E-state index contributed by atoms with van der Waals surface area (Å²) in [5.41, 5.74) is -0.877. The molecule has 66 valence electrons. The number of hydrogen-bond donors (Lipinski definition) is 2. The summed E-state index contributed by atoms with van der Waals surface area (Å²) in [5.74, 6) is -0.854. The molecule has 0 radical (unpaired) electrons. The largest absolute Gasteiger partial charge is 0.480 e. The minimum Gasteiger partial charge on any atom is -0.480 e. The van der Waals surface area contributed by atoms with Crippen LogP contribution < -0.4 is 5.32 Å². The zero-order chi connectivity index (χ0) is 7.61. The van der Waals surface area contributed by atoms with Crippen LogP contribution in [0.1, 0.15) is 6.92 Å². The van der Waals surface area contributed by atoms with Gasteiger partial charge >= 0.3 is 5.97 Å². The van der Waals surface area contributed by atoms with E-state index in [-0.39, 0.29) is 19.0 Å². The van der Waals surface area contributed by atoms with Crippen LogP contribution in [0.25, 0.3) is 0 Å². The molecule has 0 aromatic carbocycles. The van der Waals surface area contributed by atoms with Crippen molar-refractivity contribution in [2.24, 2.45) is 0 Å². The van der Waals surface area contributed by atoms with Gasteiger partial charge in [0.25, 0.3) is 0 Å². The topological polar surface area (TPSA) is 58.6 Å². The highest BCUT2D eigenvalue weighted by Gasteiger charge is 2.34. The molecular weight excluding hydrogens is 170 g/mol. The maximum atomic E-state index is 10.5. The molecule has 1 aliphatic rings. The number of morpholine rings is 1. The average Bonchev–Trinajstić information content (AvgIpc) is 1.89. The second-order valence-corrected chi connectivity index (χ2v) is 2.62. The van der Waals surface area contributed by atoms with E-state index in [9.17, 15) is 4.79 Å². The van der Waals surface area contributed by atoms with Gasteiger partial charge in [-0.1, -0.05) is 0 Å². The van der Waals surface area contributed by atoms with E-state index in [1.165, 1.54) is 0 Å². The maximum absolute atomic E-state index is 10.5. The Hall–Kier alpha value is -0.320. The van der Waals surface area contributed by atoms with Gasteiger partial charge in [-0.2, -0.15) is 0 Å². The summed E-state index contributed by atoms with van der Waals surface area (Å²) < 4.78 is 5.00. The minimum absolute atomic E-state index is 0. The summed E-state index contributed by atoms with van der Waals surface area (Å²) in [6.45, 7) is 3.09. The van der Waals surface area contributed by atoms with Crippen molar-refractivity contribution >= 4 is 18.4 Å². The summed E-state index contributed by atoms with van der Waals surface area (Å²) in [5, 5.41) is 11.5. The number of nitrogens with one attached hydrogen (secondary N) is 1. The number of rotatable bonds is 1. The number of halogens is 1. The van der Waals surface area contributed by atoms with Gasteiger partial charge in [0, 0.05) is 6.54 Å². The molecule has 0 aliphatic carbocycles. The molecule has 1 heterocycles. The standard InChI is InChI=1S/C6H11NO3.ClH/c1-6(5(8)9)4-10-3-2-7-6;/h7H,2-4H2,1H3,(H,8,9);1H. The van der Waals surface area contributed by atoms with Crippen molar-refractivity contribution < 1.29 is 14.6 Å². The molecule has 0 saturated carbocycles. The Morgan fingerprint density at radius 2 is 2.36 bits per heavy atom. The van der Waals surface area contributed by atoms with Gasteiger partial charge in [0.15, 0.2) is 0 Å². The maximum Gasteiger partial charge on any atom is 0.326 e. The van der Waals surface area contributed by atoms with Crippen LogP contribution in [0.2, 0.25) is 0 Å². The fourth-order valence-electron chi connectivity index (χ4n) is 0.864. The zero-order valence-electron chi connectivity index (χ0n) is 6.29.